The lowest BCUT2D eigenvalue weighted by Gasteiger charge is -2.14. The third-order valence-electron chi connectivity index (χ3n) is 3.50. The van der Waals surface area contributed by atoms with Gasteiger partial charge in [0.2, 0.25) is 5.91 Å². The molecule has 0 radical (unpaired) electrons. The molecule has 110 valence electrons. The van der Waals surface area contributed by atoms with E-state index in [4.69, 9.17) is 0 Å². The number of carbonyl (C=O) groups excluding carboxylic acids is 1. The van der Waals surface area contributed by atoms with Crippen LogP contribution in [0.2, 0.25) is 0 Å². The van der Waals surface area contributed by atoms with Crippen LogP contribution in [-0.2, 0) is 11.2 Å². The number of rotatable bonds is 8. The van der Waals surface area contributed by atoms with Crippen LogP contribution in [0.5, 0.6) is 0 Å². The van der Waals surface area contributed by atoms with Gasteiger partial charge in [-0.05, 0) is 50.8 Å². The van der Waals surface area contributed by atoms with Crippen LogP contribution in [0.15, 0.2) is 24.3 Å². The van der Waals surface area contributed by atoms with Crippen molar-refractivity contribution in [2.24, 2.45) is 0 Å². The Bertz CT molecular complexity index is 446. The average molecular weight is 278 g/mol. The number of benzene rings is 1. The predicted molar refractivity (Wildman–Crippen MR) is 78.0 cm³/mol. The van der Waals surface area contributed by atoms with Gasteiger partial charge in [0.1, 0.15) is 5.82 Å². The van der Waals surface area contributed by atoms with Gasteiger partial charge in [-0.25, -0.2) is 4.39 Å². The molecule has 0 bridgehead atoms. The molecule has 0 spiro atoms. The van der Waals surface area contributed by atoms with Gasteiger partial charge in [-0.2, -0.15) is 0 Å². The summed E-state index contributed by atoms with van der Waals surface area (Å²) in [5.41, 5.74) is 0.735. The third kappa shape index (κ3) is 5.29. The van der Waals surface area contributed by atoms with Gasteiger partial charge >= 0.3 is 0 Å². The standard InChI is InChI=1S/C16H23FN2O/c1-12(11-13-5-2-3-6-15(13)17)18-10-4-7-16(20)19-14-8-9-14/h2-3,5-6,12,14,18H,4,7-11H2,1H3,(H,19,20). The van der Waals surface area contributed by atoms with Crippen LogP contribution in [0, 0.1) is 5.82 Å². The van der Waals surface area contributed by atoms with Crippen molar-refractivity contribution in [1.82, 2.24) is 10.6 Å². The maximum atomic E-state index is 13.5. The summed E-state index contributed by atoms with van der Waals surface area (Å²) in [5, 5.41) is 6.31. The average Bonchev–Trinajstić information content (AvgIpc) is 3.21. The highest BCUT2D eigenvalue weighted by Crippen LogP contribution is 2.18. The van der Waals surface area contributed by atoms with E-state index in [-0.39, 0.29) is 17.8 Å². The summed E-state index contributed by atoms with van der Waals surface area (Å²) in [6, 6.07) is 7.51. The maximum absolute atomic E-state index is 13.5. The fourth-order valence-electron chi connectivity index (χ4n) is 2.19. The lowest BCUT2D eigenvalue weighted by molar-refractivity contribution is -0.121. The summed E-state index contributed by atoms with van der Waals surface area (Å²) < 4.78 is 13.5. The zero-order valence-corrected chi connectivity index (χ0v) is 12.0. The molecule has 0 aromatic heterocycles. The van der Waals surface area contributed by atoms with Gasteiger partial charge in [0.25, 0.3) is 0 Å². The molecule has 1 saturated carbocycles. The largest absolute Gasteiger partial charge is 0.353 e. The highest BCUT2D eigenvalue weighted by atomic mass is 19.1. The van der Waals surface area contributed by atoms with Crippen LogP contribution in [0.3, 0.4) is 0 Å². The summed E-state index contributed by atoms with van der Waals surface area (Å²) >= 11 is 0. The van der Waals surface area contributed by atoms with Crippen molar-refractivity contribution in [1.29, 1.82) is 0 Å². The van der Waals surface area contributed by atoms with Gasteiger partial charge in [-0.1, -0.05) is 18.2 Å². The van der Waals surface area contributed by atoms with Crippen LogP contribution in [0.25, 0.3) is 0 Å². The molecule has 4 heteroatoms. The molecular formula is C16H23FN2O. The first-order valence-electron chi connectivity index (χ1n) is 7.41. The summed E-state index contributed by atoms with van der Waals surface area (Å²) in [6.45, 7) is 2.82. The smallest absolute Gasteiger partial charge is 0.220 e. The molecule has 1 atom stereocenters. The lowest BCUT2D eigenvalue weighted by atomic mass is 10.1. The SMILES string of the molecule is CC(Cc1ccccc1F)NCCCC(=O)NC1CC1. The Hall–Kier alpha value is -1.42. The van der Waals surface area contributed by atoms with Crippen molar-refractivity contribution in [3.05, 3.63) is 35.6 Å². The summed E-state index contributed by atoms with van der Waals surface area (Å²) in [6.07, 6.45) is 4.31. The van der Waals surface area contributed by atoms with Crippen molar-refractivity contribution >= 4 is 5.91 Å². The first-order chi connectivity index (χ1) is 9.65. The molecule has 1 aromatic carbocycles. The molecule has 0 saturated heterocycles. The number of hydrogen-bond acceptors (Lipinski definition) is 2. The lowest BCUT2D eigenvalue weighted by Crippen LogP contribution is -2.31. The number of halogens is 1. The topological polar surface area (TPSA) is 41.1 Å². The highest BCUT2D eigenvalue weighted by molar-refractivity contribution is 5.76. The van der Waals surface area contributed by atoms with Crippen molar-refractivity contribution in [3.8, 4) is 0 Å². The van der Waals surface area contributed by atoms with Crippen LogP contribution >= 0.6 is 0 Å². The predicted octanol–water partition coefficient (Wildman–Crippen LogP) is 2.41. The quantitative estimate of drug-likeness (QED) is 0.717. The Balaban J connectivity index is 1.59. The number of hydrogen-bond donors (Lipinski definition) is 2. The number of nitrogens with one attached hydrogen (secondary N) is 2. The second-order valence-corrected chi connectivity index (χ2v) is 5.60. The monoisotopic (exact) mass is 278 g/mol. The van der Waals surface area contributed by atoms with Gasteiger partial charge in [0.15, 0.2) is 0 Å². The molecule has 0 aliphatic heterocycles. The van der Waals surface area contributed by atoms with E-state index in [0.29, 0.717) is 18.9 Å². The van der Waals surface area contributed by atoms with E-state index in [9.17, 15) is 9.18 Å². The third-order valence-corrected chi connectivity index (χ3v) is 3.50. The molecule has 1 fully saturated rings. The fraction of sp³-hybridized carbons (Fsp3) is 0.562. The van der Waals surface area contributed by atoms with Crippen LogP contribution in [-0.4, -0.2) is 24.5 Å². The molecule has 2 rings (SSSR count). The normalized spacial score (nSPS) is 15.9. The first kappa shape index (κ1) is 15.0. The number of carbonyl (C=O) groups is 1. The zero-order valence-electron chi connectivity index (χ0n) is 12.0. The van der Waals surface area contributed by atoms with Crippen molar-refractivity contribution < 1.29 is 9.18 Å². The second kappa shape index (κ2) is 7.39. The summed E-state index contributed by atoms with van der Waals surface area (Å²) in [7, 11) is 0. The molecule has 1 aromatic rings. The summed E-state index contributed by atoms with van der Waals surface area (Å²) in [5.74, 6) is 0.000943. The molecule has 1 unspecified atom stereocenters. The van der Waals surface area contributed by atoms with E-state index in [1.54, 1.807) is 6.07 Å². The Morgan fingerprint density at radius 1 is 1.40 bits per heavy atom. The second-order valence-electron chi connectivity index (χ2n) is 5.60. The van der Waals surface area contributed by atoms with Crippen molar-refractivity contribution in [2.75, 3.05) is 6.54 Å². The Labute approximate surface area is 120 Å². The van der Waals surface area contributed by atoms with Crippen LogP contribution in [0.1, 0.15) is 38.2 Å². The molecule has 1 aliphatic carbocycles. The fourth-order valence-corrected chi connectivity index (χ4v) is 2.19. The highest BCUT2D eigenvalue weighted by Gasteiger charge is 2.22. The Morgan fingerprint density at radius 2 is 2.15 bits per heavy atom. The maximum Gasteiger partial charge on any atom is 0.220 e. The van der Waals surface area contributed by atoms with Crippen molar-refractivity contribution in [2.45, 2.75) is 51.1 Å². The van der Waals surface area contributed by atoms with Crippen LogP contribution in [0.4, 0.5) is 4.39 Å². The van der Waals surface area contributed by atoms with Gasteiger partial charge in [0, 0.05) is 18.5 Å². The Morgan fingerprint density at radius 3 is 2.85 bits per heavy atom. The molecule has 2 N–H and O–H groups in total. The van der Waals surface area contributed by atoms with Gasteiger partial charge in [-0.15, -0.1) is 0 Å². The first-order valence-corrected chi connectivity index (χ1v) is 7.41. The molecule has 20 heavy (non-hydrogen) atoms. The van der Waals surface area contributed by atoms with Crippen molar-refractivity contribution in [3.63, 3.8) is 0 Å². The Kier molecular flexibility index (Phi) is 5.53. The number of amides is 1. The van der Waals surface area contributed by atoms with Gasteiger partial charge in [-0.3, -0.25) is 4.79 Å². The molecule has 0 heterocycles. The van der Waals surface area contributed by atoms with E-state index < -0.39 is 0 Å². The van der Waals surface area contributed by atoms with E-state index in [1.807, 2.05) is 19.1 Å². The molecule has 1 amide bonds. The molecule has 3 nitrogen and oxygen atoms in total. The van der Waals surface area contributed by atoms with E-state index in [0.717, 1.165) is 31.4 Å². The minimum absolute atomic E-state index is 0.148. The minimum atomic E-state index is -0.148. The van der Waals surface area contributed by atoms with Gasteiger partial charge in [0.05, 0.1) is 0 Å². The zero-order chi connectivity index (χ0) is 14.4. The van der Waals surface area contributed by atoms with E-state index in [2.05, 4.69) is 10.6 Å². The van der Waals surface area contributed by atoms with E-state index in [1.165, 1.54) is 6.07 Å². The molecule has 1 aliphatic rings. The van der Waals surface area contributed by atoms with E-state index >= 15 is 0 Å². The summed E-state index contributed by atoms with van der Waals surface area (Å²) in [4.78, 5) is 11.5. The molecular weight excluding hydrogens is 255 g/mol. The minimum Gasteiger partial charge on any atom is -0.353 e. The van der Waals surface area contributed by atoms with Gasteiger partial charge < -0.3 is 10.6 Å². The van der Waals surface area contributed by atoms with Crippen LogP contribution < -0.4 is 10.6 Å².